The maximum absolute atomic E-state index is 13.9. The molecular weight excluding hydrogens is 402 g/mol. The van der Waals surface area contributed by atoms with Crippen LogP contribution in [-0.4, -0.2) is 0 Å². The summed E-state index contributed by atoms with van der Waals surface area (Å²) in [5, 5.41) is 1.15. The van der Waals surface area contributed by atoms with Crippen LogP contribution < -0.4 is 10.2 Å². The molecule has 6 heteroatoms. The molecule has 0 unspecified atom stereocenters. The Labute approximate surface area is 169 Å². The first kappa shape index (κ1) is 18.5. The summed E-state index contributed by atoms with van der Waals surface area (Å²) in [5.41, 5.74) is 1.41. The molecule has 0 radical (unpaired) electrons. The van der Waals surface area contributed by atoms with E-state index in [1.165, 1.54) is 18.4 Å². The molecule has 0 atom stereocenters. The lowest BCUT2D eigenvalue weighted by atomic mass is 10.1. The van der Waals surface area contributed by atoms with Crippen molar-refractivity contribution < 1.29 is 13.5 Å². The van der Waals surface area contributed by atoms with E-state index in [1.807, 2.05) is 0 Å². The molecule has 0 fully saturated rings. The number of hydrogen-bond donors (Lipinski definition) is 0. The third kappa shape index (κ3) is 3.49. The van der Waals surface area contributed by atoms with Crippen LogP contribution in [-0.2, 0) is 6.61 Å². The Bertz CT molecular complexity index is 1210. The summed E-state index contributed by atoms with van der Waals surface area (Å²) in [4.78, 5) is 12.8. The molecule has 0 amide bonds. The lowest BCUT2D eigenvalue weighted by Crippen LogP contribution is -2.05. The molecule has 0 aliphatic carbocycles. The van der Waals surface area contributed by atoms with Gasteiger partial charge in [0, 0.05) is 22.2 Å². The minimum atomic E-state index is -0.441. The molecule has 0 aliphatic rings. The van der Waals surface area contributed by atoms with Crippen molar-refractivity contribution in [3.05, 3.63) is 98.6 Å². The molecule has 1 aromatic heterocycles. The Balaban J connectivity index is 1.66. The van der Waals surface area contributed by atoms with Gasteiger partial charge in [0.25, 0.3) is 0 Å². The maximum atomic E-state index is 13.9. The average molecular weight is 415 g/mol. The number of halogens is 3. The molecule has 0 bridgehead atoms. The van der Waals surface area contributed by atoms with Crippen molar-refractivity contribution in [1.82, 2.24) is 0 Å². The average Bonchev–Trinajstić information content (AvgIpc) is 2.69. The van der Waals surface area contributed by atoms with Gasteiger partial charge in [-0.1, -0.05) is 47.5 Å². The molecule has 140 valence electrons. The van der Waals surface area contributed by atoms with E-state index in [1.54, 1.807) is 48.5 Å². The van der Waals surface area contributed by atoms with Gasteiger partial charge in [-0.25, -0.2) is 4.39 Å². The second-order valence-electron chi connectivity index (χ2n) is 6.11. The predicted octanol–water partition coefficient (Wildman–Crippen LogP) is 6.48. The fourth-order valence-corrected chi connectivity index (χ4v) is 3.34. The van der Waals surface area contributed by atoms with Gasteiger partial charge in [-0.2, -0.15) is 0 Å². The standard InChI is InChI=1S/C22H13Cl2FO3/c23-18-5-2-1-4-14(18)16-11-28-21-10-13(8-9-15(21)22(16)26)27-12-17-19(24)6-3-7-20(17)25/h1-11H,12H2. The molecule has 1 heterocycles. The number of hydrogen-bond acceptors (Lipinski definition) is 3. The van der Waals surface area contributed by atoms with Gasteiger partial charge in [0.1, 0.15) is 30.0 Å². The quantitative estimate of drug-likeness (QED) is 0.383. The molecule has 0 N–H and O–H groups in total. The van der Waals surface area contributed by atoms with Crippen molar-refractivity contribution in [2.45, 2.75) is 6.61 Å². The van der Waals surface area contributed by atoms with Gasteiger partial charge >= 0.3 is 0 Å². The van der Waals surface area contributed by atoms with Gasteiger partial charge in [0.05, 0.1) is 16.0 Å². The van der Waals surface area contributed by atoms with Crippen LogP contribution in [0.5, 0.6) is 5.75 Å². The van der Waals surface area contributed by atoms with Crippen LogP contribution in [0.3, 0.4) is 0 Å². The van der Waals surface area contributed by atoms with Crippen molar-refractivity contribution in [3.63, 3.8) is 0 Å². The van der Waals surface area contributed by atoms with E-state index in [2.05, 4.69) is 0 Å². The third-order valence-electron chi connectivity index (χ3n) is 4.35. The number of benzene rings is 3. The number of ether oxygens (including phenoxy) is 1. The van der Waals surface area contributed by atoms with Crippen molar-refractivity contribution in [3.8, 4) is 16.9 Å². The highest BCUT2D eigenvalue weighted by Gasteiger charge is 2.13. The fraction of sp³-hybridized carbons (Fsp3) is 0.0455. The van der Waals surface area contributed by atoms with Gasteiger partial charge < -0.3 is 9.15 Å². The van der Waals surface area contributed by atoms with Gasteiger partial charge in [-0.3, -0.25) is 4.79 Å². The molecule has 0 spiro atoms. The molecule has 3 aromatic carbocycles. The van der Waals surface area contributed by atoms with Crippen LogP contribution in [0.25, 0.3) is 22.1 Å². The maximum Gasteiger partial charge on any atom is 0.200 e. The topological polar surface area (TPSA) is 39.4 Å². The van der Waals surface area contributed by atoms with E-state index < -0.39 is 5.82 Å². The van der Waals surface area contributed by atoms with Gasteiger partial charge in [0.2, 0.25) is 5.43 Å². The summed E-state index contributed by atoms with van der Waals surface area (Å²) >= 11 is 12.2. The molecule has 0 aliphatic heterocycles. The summed E-state index contributed by atoms with van der Waals surface area (Å²) < 4.78 is 25.1. The minimum Gasteiger partial charge on any atom is -0.489 e. The lowest BCUT2D eigenvalue weighted by molar-refractivity contribution is 0.300. The molecular formula is C22H13Cl2FO3. The highest BCUT2D eigenvalue weighted by Crippen LogP contribution is 2.28. The smallest absolute Gasteiger partial charge is 0.200 e. The molecule has 4 aromatic rings. The van der Waals surface area contributed by atoms with Gasteiger partial charge in [-0.05, 0) is 30.3 Å². The summed E-state index contributed by atoms with van der Waals surface area (Å²) in [6, 6.07) is 16.3. The number of rotatable bonds is 4. The van der Waals surface area contributed by atoms with Crippen LogP contribution in [0.1, 0.15) is 5.56 Å². The van der Waals surface area contributed by atoms with Crippen LogP contribution >= 0.6 is 23.2 Å². The first-order valence-corrected chi connectivity index (χ1v) is 9.16. The Morgan fingerprint density at radius 1 is 0.929 bits per heavy atom. The Hall–Kier alpha value is -2.82. The molecule has 0 saturated heterocycles. The molecule has 28 heavy (non-hydrogen) atoms. The lowest BCUT2D eigenvalue weighted by Gasteiger charge is -2.10. The fourth-order valence-electron chi connectivity index (χ4n) is 2.89. The third-order valence-corrected chi connectivity index (χ3v) is 5.04. The second kappa shape index (κ2) is 7.66. The Morgan fingerprint density at radius 2 is 1.71 bits per heavy atom. The number of fused-ring (bicyclic) bond motifs is 1. The summed E-state index contributed by atoms with van der Waals surface area (Å²) in [6.45, 7) is -0.0427. The Kier molecular flexibility index (Phi) is 5.07. The van der Waals surface area contributed by atoms with Gasteiger partial charge in [0.15, 0.2) is 0 Å². The van der Waals surface area contributed by atoms with Crippen molar-refractivity contribution in [1.29, 1.82) is 0 Å². The zero-order chi connectivity index (χ0) is 19.7. The minimum absolute atomic E-state index is 0.0427. The van der Waals surface area contributed by atoms with E-state index in [9.17, 15) is 9.18 Å². The van der Waals surface area contributed by atoms with Crippen molar-refractivity contribution in [2.24, 2.45) is 0 Å². The molecule has 0 saturated carbocycles. The van der Waals surface area contributed by atoms with Crippen molar-refractivity contribution in [2.75, 3.05) is 0 Å². The SMILES string of the molecule is O=c1c(-c2ccccc2Cl)coc2cc(OCc3c(F)cccc3Cl)ccc12. The largest absolute Gasteiger partial charge is 0.489 e. The first-order valence-electron chi connectivity index (χ1n) is 8.41. The van der Waals surface area contributed by atoms with E-state index in [0.717, 1.165) is 0 Å². The first-order chi connectivity index (χ1) is 13.5. The predicted molar refractivity (Wildman–Crippen MR) is 109 cm³/mol. The van der Waals surface area contributed by atoms with Gasteiger partial charge in [-0.15, -0.1) is 0 Å². The molecule has 3 nitrogen and oxygen atoms in total. The van der Waals surface area contributed by atoms with Crippen LogP contribution in [0.15, 0.2) is 76.1 Å². The highest BCUT2D eigenvalue weighted by atomic mass is 35.5. The van der Waals surface area contributed by atoms with Crippen LogP contribution in [0.4, 0.5) is 4.39 Å². The summed E-state index contributed by atoms with van der Waals surface area (Å²) in [5.74, 6) is -0.00957. The zero-order valence-corrected chi connectivity index (χ0v) is 15.9. The second-order valence-corrected chi connectivity index (χ2v) is 6.92. The Morgan fingerprint density at radius 3 is 2.50 bits per heavy atom. The summed E-state index contributed by atoms with van der Waals surface area (Å²) in [6.07, 6.45) is 1.38. The van der Waals surface area contributed by atoms with Crippen LogP contribution in [0, 0.1) is 5.82 Å². The molecule has 4 rings (SSSR count). The summed E-state index contributed by atoms with van der Waals surface area (Å²) in [7, 11) is 0. The van der Waals surface area contributed by atoms with Crippen molar-refractivity contribution >= 4 is 34.2 Å². The van der Waals surface area contributed by atoms with E-state index >= 15 is 0 Å². The van der Waals surface area contributed by atoms with Crippen LogP contribution in [0.2, 0.25) is 10.0 Å². The monoisotopic (exact) mass is 414 g/mol. The van der Waals surface area contributed by atoms with E-state index in [-0.39, 0.29) is 22.6 Å². The van der Waals surface area contributed by atoms with E-state index in [4.69, 9.17) is 32.4 Å². The highest BCUT2D eigenvalue weighted by molar-refractivity contribution is 6.33. The zero-order valence-electron chi connectivity index (χ0n) is 14.4. The van der Waals surface area contributed by atoms with E-state index in [0.29, 0.717) is 32.9 Å². The normalized spacial score (nSPS) is 11.0.